The number of aryl methyl sites for hydroxylation is 1. The van der Waals surface area contributed by atoms with E-state index in [9.17, 15) is 28.1 Å². The molecule has 0 atom stereocenters. The molecule has 2 aromatic rings. The Labute approximate surface area is 149 Å². The highest BCUT2D eigenvalue weighted by Crippen LogP contribution is 2.34. The number of rotatable bonds is 7. The summed E-state index contributed by atoms with van der Waals surface area (Å²) in [6.07, 6.45) is -4.05. The number of hydrogen-bond donors (Lipinski definition) is 2. The van der Waals surface area contributed by atoms with Gasteiger partial charge in [-0.3, -0.25) is 14.9 Å². The number of hydrogen-bond acceptors (Lipinski definition) is 7. The molecule has 0 aliphatic heterocycles. The van der Waals surface area contributed by atoms with Crippen molar-refractivity contribution in [1.82, 2.24) is 10.2 Å². The fourth-order valence-corrected chi connectivity index (χ4v) is 2.64. The molecule has 1 heterocycles. The lowest BCUT2D eigenvalue weighted by Gasteiger charge is -2.10. The monoisotopic (exact) mass is 389 g/mol. The molecular formula is C14H14F3N5O3S. The number of benzene rings is 1. The lowest BCUT2D eigenvalue weighted by molar-refractivity contribution is -0.384. The number of carbonyl (C=O) groups excluding carboxylic acids is 1. The van der Waals surface area contributed by atoms with Crippen molar-refractivity contribution < 1.29 is 22.9 Å². The van der Waals surface area contributed by atoms with Crippen molar-refractivity contribution in [2.45, 2.75) is 25.9 Å². The quantitative estimate of drug-likeness (QED) is 0.554. The van der Waals surface area contributed by atoms with Gasteiger partial charge in [0.05, 0.1) is 10.5 Å². The molecule has 2 N–H and O–H groups in total. The van der Waals surface area contributed by atoms with Crippen molar-refractivity contribution in [3.8, 4) is 0 Å². The van der Waals surface area contributed by atoms with Crippen molar-refractivity contribution in [2.75, 3.05) is 17.2 Å². The number of carbonyl (C=O) groups is 1. The van der Waals surface area contributed by atoms with Gasteiger partial charge in [0, 0.05) is 19.0 Å². The van der Waals surface area contributed by atoms with Crippen LogP contribution in [-0.4, -0.2) is 27.6 Å². The summed E-state index contributed by atoms with van der Waals surface area (Å²) in [7, 11) is 0. The fraction of sp³-hybridized carbons (Fsp3) is 0.357. The highest BCUT2D eigenvalue weighted by Gasteiger charge is 2.33. The Morgan fingerprint density at radius 2 is 2.08 bits per heavy atom. The summed E-state index contributed by atoms with van der Waals surface area (Å²) in [4.78, 5) is 21.9. The molecule has 0 spiro atoms. The summed E-state index contributed by atoms with van der Waals surface area (Å²) in [5, 5.41) is 24.8. The molecule has 0 aliphatic carbocycles. The number of anilines is 2. The first-order valence-electron chi connectivity index (χ1n) is 7.42. The number of nitrogens with one attached hydrogen (secondary N) is 2. The topological polar surface area (TPSA) is 110 Å². The van der Waals surface area contributed by atoms with E-state index in [0.29, 0.717) is 17.6 Å². The van der Waals surface area contributed by atoms with Gasteiger partial charge in [-0.15, -0.1) is 10.2 Å². The van der Waals surface area contributed by atoms with Crippen LogP contribution < -0.4 is 10.6 Å². The van der Waals surface area contributed by atoms with E-state index in [1.165, 1.54) is 11.3 Å². The first-order valence-corrected chi connectivity index (χ1v) is 8.24. The second-order valence-electron chi connectivity index (χ2n) is 5.07. The zero-order valence-corrected chi connectivity index (χ0v) is 14.3. The Morgan fingerprint density at radius 3 is 2.65 bits per heavy atom. The molecule has 8 nitrogen and oxygen atoms in total. The number of nitro groups is 1. The molecule has 0 unspecified atom stereocenters. The third-order valence-electron chi connectivity index (χ3n) is 3.20. The number of alkyl halides is 3. The Morgan fingerprint density at radius 1 is 1.35 bits per heavy atom. The summed E-state index contributed by atoms with van der Waals surface area (Å²) in [6.45, 7) is 1.89. The van der Waals surface area contributed by atoms with Gasteiger partial charge in [0.25, 0.3) is 5.69 Å². The van der Waals surface area contributed by atoms with Gasteiger partial charge in [0.15, 0.2) is 0 Å². The van der Waals surface area contributed by atoms with E-state index in [4.69, 9.17) is 0 Å². The van der Waals surface area contributed by atoms with Gasteiger partial charge in [-0.1, -0.05) is 18.3 Å². The van der Waals surface area contributed by atoms with E-state index in [1.807, 2.05) is 6.92 Å². The van der Waals surface area contributed by atoms with Crippen molar-refractivity contribution in [3.63, 3.8) is 0 Å². The minimum Gasteiger partial charge on any atom is -0.379 e. The first kappa shape index (κ1) is 19.6. The zero-order chi connectivity index (χ0) is 19.3. The number of nitrogens with zero attached hydrogens (tertiary/aromatic N) is 3. The van der Waals surface area contributed by atoms with Crippen LogP contribution in [0.25, 0.3) is 0 Å². The van der Waals surface area contributed by atoms with Crippen LogP contribution in [0.4, 0.5) is 29.7 Å². The molecule has 0 saturated carbocycles. The molecule has 0 bridgehead atoms. The molecule has 140 valence electrons. The van der Waals surface area contributed by atoms with E-state index in [0.717, 1.165) is 17.1 Å². The molecule has 1 aromatic heterocycles. The maximum atomic E-state index is 12.6. The molecule has 0 aliphatic rings. The second-order valence-corrected chi connectivity index (χ2v) is 6.13. The van der Waals surface area contributed by atoms with Gasteiger partial charge >= 0.3 is 6.18 Å². The van der Waals surface area contributed by atoms with Crippen LogP contribution >= 0.6 is 11.3 Å². The minimum absolute atomic E-state index is 0.00250. The van der Waals surface area contributed by atoms with Gasteiger partial charge < -0.3 is 10.6 Å². The molecule has 1 aromatic carbocycles. The third kappa shape index (κ3) is 5.12. The maximum absolute atomic E-state index is 12.6. The predicted octanol–water partition coefficient (Wildman–Crippen LogP) is 3.47. The Kier molecular flexibility index (Phi) is 6.08. The van der Waals surface area contributed by atoms with E-state index < -0.39 is 28.3 Å². The second kappa shape index (κ2) is 8.08. The zero-order valence-electron chi connectivity index (χ0n) is 13.5. The van der Waals surface area contributed by atoms with E-state index in [1.54, 1.807) is 0 Å². The van der Waals surface area contributed by atoms with E-state index >= 15 is 0 Å². The van der Waals surface area contributed by atoms with Crippen LogP contribution in [0.1, 0.15) is 23.9 Å². The van der Waals surface area contributed by atoms with Crippen LogP contribution in [0, 0.1) is 10.1 Å². The lowest BCUT2D eigenvalue weighted by atomic mass is 10.1. The van der Waals surface area contributed by atoms with Gasteiger partial charge in [0.2, 0.25) is 11.0 Å². The van der Waals surface area contributed by atoms with Crippen LogP contribution in [0.2, 0.25) is 0 Å². The van der Waals surface area contributed by atoms with Crippen LogP contribution in [0.3, 0.4) is 0 Å². The minimum atomic E-state index is -4.68. The van der Waals surface area contributed by atoms with Crippen molar-refractivity contribution in [2.24, 2.45) is 0 Å². The van der Waals surface area contributed by atoms with Gasteiger partial charge in [-0.25, -0.2) is 0 Å². The average molecular weight is 389 g/mol. The fourth-order valence-electron chi connectivity index (χ4n) is 1.95. The number of nitro benzene ring substituents is 1. The maximum Gasteiger partial charge on any atom is 0.416 e. The third-order valence-corrected chi connectivity index (χ3v) is 4.19. The Hall–Kier alpha value is -2.76. The Bertz CT molecular complexity index is 809. The summed E-state index contributed by atoms with van der Waals surface area (Å²) < 4.78 is 37.9. The predicted molar refractivity (Wildman–Crippen MR) is 89.1 cm³/mol. The highest BCUT2D eigenvalue weighted by atomic mass is 32.1. The van der Waals surface area contributed by atoms with E-state index in [2.05, 4.69) is 20.8 Å². The smallest absolute Gasteiger partial charge is 0.379 e. The molecule has 26 heavy (non-hydrogen) atoms. The summed E-state index contributed by atoms with van der Waals surface area (Å²) in [5.41, 5.74) is -1.92. The largest absolute Gasteiger partial charge is 0.416 e. The molecular weight excluding hydrogens is 375 g/mol. The van der Waals surface area contributed by atoms with Crippen LogP contribution in [-0.2, 0) is 17.4 Å². The van der Waals surface area contributed by atoms with E-state index in [-0.39, 0.29) is 18.7 Å². The SMILES string of the molecule is CCc1nnc(NC(=O)CCNc2ccc(C(F)(F)F)cc2[N+](=O)[O-])s1. The van der Waals surface area contributed by atoms with Crippen molar-refractivity contribution in [1.29, 1.82) is 0 Å². The normalized spacial score (nSPS) is 11.2. The Balaban J connectivity index is 1.96. The molecule has 0 saturated heterocycles. The standard InChI is InChI=1S/C14H14F3N5O3S/c1-2-12-20-21-13(26-12)19-11(23)5-6-18-9-4-3-8(14(15,16)17)7-10(9)22(24)25/h3-4,7,18H,2,5-6H2,1H3,(H,19,21,23). The molecule has 0 radical (unpaired) electrons. The molecule has 2 rings (SSSR count). The van der Waals surface area contributed by atoms with Gasteiger partial charge in [0.1, 0.15) is 10.7 Å². The highest BCUT2D eigenvalue weighted by molar-refractivity contribution is 7.15. The average Bonchev–Trinajstić information content (AvgIpc) is 3.01. The van der Waals surface area contributed by atoms with Gasteiger partial charge in [-0.05, 0) is 18.6 Å². The van der Waals surface area contributed by atoms with Crippen LogP contribution in [0.15, 0.2) is 18.2 Å². The first-order chi connectivity index (χ1) is 12.2. The van der Waals surface area contributed by atoms with Gasteiger partial charge in [-0.2, -0.15) is 13.2 Å². The summed E-state index contributed by atoms with van der Waals surface area (Å²) in [6, 6.07) is 2.16. The van der Waals surface area contributed by atoms with Crippen LogP contribution in [0.5, 0.6) is 0 Å². The molecule has 0 fully saturated rings. The molecule has 12 heteroatoms. The van der Waals surface area contributed by atoms with Crippen molar-refractivity contribution in [3.05, 3.63) is 38.9 Å². The summed E-state index contributed by atoms with van der Waals surface area (Å²) >= 11 is 1.23. The lowest BCUT2D eigenvalue weighted by Crippen LogP contribution is -2.16. The number of amides is 1. The number of halogens is 3. The summed E-state index contributed by atoms with van der Waals surface area (Å²) in [5.74, 6) is -0.397. The molecule has 1 amide bonds. The van der Waals surface area contributed by atoms with Crippen molar-refractivity contribution >= 4 is 33.8 Å². The number of aromatic nitrogens is 2.